The Kier molecular flexibility index (Phi) is 4.42. The minimum absolute atomic E-state index is 0.197. The summed E-state index contributed by atoms with van der Waals surface area (Å²) < 4.78 is 13.3. The average molecular weight is 275 g/mol. The van der Waals surface area contributed by atoms with Gasteiger partial charge < -0.3 is 0 Å². The molecule has 0 aliphatic carbocycles. The summed E-state index contributed by atoms with van der Waals surface area (Å²) in [6, 6.07) is 6.53. The molecule has 0 radical (unpaired) electrons. The monoisotopic (exact) mass is 275 g/mol. The first-order chi connectivity index (χ1) is 9.40. The lowest BCUT2D eigenvalue weighted by molar-refractivity contribution is 0.0590. The molecule has 0 N–H and O–H groups in total. The van der Waals surface area contributed by atoms with E-state index in [1.807, 2.05) is 0 Å². The van der Waals surface area contributed by atoms with E-state index in [2.05, 4.69) is 36.6 Å². The molecule has 0 saturated carbocycles. The molecule has 0 unspecified atom stereocenters. The Morgan fingerprint density at radius 3 is 2.40 bits per heavy atom. The van der Waals surface area contributed by atoms with Crippen LogP contribution >= 0.6 is 0 Å². The number of nitrogens with zero attached hydrogens (tertiary/aromatic N) is 3. The Morgan fingerprint density at radius 2 is 1.85 bits per heavy atom. The first-order valence-electron chi connectivity index (χ1n) is 7.06. The van der Waals surface area contributed by atoms with Gasteiger partial charge in [-0.05, 0) is 44.5 Å². The number of benzene rings is 1. The van der Waals surface area contributed by atoms with Gasteiger partial charge in [-0.15, -0.1) is 0 Å². The zero-order valence-corrected chi connectivity index (χ0v) is 12.5. The highest BCUT2D eigenvalue weighted by Crippen LogP contribution is 2.18. The average Bonchev–Trinajstić information content (AvgIpc) is 2.38. The molecule has 0 bridgehead atoms. The van der Waals surface area contributed by atoms with Crippen molar-refractivity contribution in [2.75, 3.05) is 26.2 Å². The lowest BCUT2D eigenvalue weighted by Gasteiger charge is -2.42. The van der Waals surface area contributed by atoms with E-state index in [4.69, 9.17) is 5.26 Å². The number of piperazine rings is 1. The molecule has 1 aliphatic rings. The molecule has 2 rings (SSSR count). The van der Waals surface area contributed by atoms with E-state index in [9.17, 15) is 4.39 Å². The third-order valence-electron chi connectivity index (χ3n) is 3.90. The molecule has 1 saturated heterocycles. The maximum atomic E-state index is 13.3. The SMILES string of the molecule is CC(C)(C)N1CCN(Cc2cc(F)ccc2C#N)CC1. The molecular weight excluding hydrogens is 253 g/mol. The predicted octanol–water partition coefficient (Wildman–Crippen LogP) is 2.61. The molecule has 0 amide bonds. The third-order valence-corrected chi connectivity index (χ3v) is 3.90. The Labute approximate surface area is 120 Å². The molecule has 4 heteroatoms. The van der Waals surface area contributed by atoms with Crippen LogP contribution in [0.3, 0.4) is 0 Å². The van der Waals surface area contributed by atoms with Gasteiger partial charge in [-0.2, -0.15) is 5.26 Å². The van der Waals surface area contributed by atoms with Crippen molar-refractivity contribution < 1.29 is 4.39 Å². The van der Waals surface area contributed by atoms with Crippen LogP contribution in [-0.2, 0) is 6.54 Å². The summed E-state index contributed by atoms with van der Waals surface area (Å²) in [5.74, 6) is -0.271. The van der Waals surface area contributed by atoms with E-state index in [0.717, 1.165) is 31.7 Å². The van der Waals surface area contributed by atoms with Crippen molar-refractivity contribution >= 4 is 0 Å². The lowest BCUT2D eigenvalue weighted by atomic mass is 10.0. The molecule has 1 heterocycles. The molecule has 20 heavy (non-hydrogen) atoms. The van der Waals surface area contributed by atoms with Crippen molar-refractivity contribution in [1.29, 1.82) is 5.26 Å². The van der Waals surface area contributed by atoms with E-state index in [-0.39, 0.29) is 11.4 Å². The van der Waals surface area contributed by atoms with Crippen LogP contribution in [0.2, 0.25) is 0 Å². The quantitative estimate of drug-likeness (QED) is 0.831. The maximum Gasteiger partial charge on any atom is 0.123 e. The first-order valence-corrected chi connectivity index (χ1v) is 7.06. The van der Waals surface area contributed by atoms with Gasteiger partial charge in [0.1, 0.15) is 5.82 Å². The molecule has 1 aliphatic heterocycles. The topological polar surface area (TPSA) is 30.3 Å². The minimum Gasteiger partial charge on any atom is -0.296 e. The summed E-state index contributed by atoms with van der Waals surface area (Å²) in [6.45, 7) is 11.3. The highest BCUT2D eigenvalue weighted by molar-refractivity contribution is 5.37. The maximum absolute atomic E-state index is 13.3. The fourth-order valence-corrected chi connectivity index (χ4v) is 2.62. The standard InChI is InChI=1S/C16H22FN3/c1-16(2,3)20-8-6-19(7-9-20)12-14-10-15(17)5-4-13(14)11-18/h4-5,10H,6-9,12H2,1-3H3. The Morgan fingerprint density at radius 1 is 1.20 bits per heavy atom. The fraction of sp³-hybridized carbons (Fsp3) is 0.562. The molecule has 0 atom stereocenters. The van der Waals surface area contributed by atoms with Gasteiger partial charge in [-0.1, -0.05) is 0 Å². The molecular formula is C16H22FN3. The van der Waals surface area contributed by atoms with Crippen molar-refractivity contribution in [2.45, 2.75) is 32.9 Å². The zero-order valence-electron chi connectivity index (χ0n) is 12.5. The van der Waals surface area contributed by atoms with Crippen LogP contribution in [-0.4, -0.2) is 41.5 Å². The number of nitriles is 1. The number of rotatable bonds is 2. The molecule has 1 fully saturated rings. The summed E-state index contributed by atoms with van der Waals surface area (Å²) in [6.07, 6.45) is 0. The van der Waals surface area contributed by atoms with Crippen LogP contribution in [0, 0.1) is 17.1 Å². The van der Waals surface area contributed by atoms with E-state index in [1.54, 1.807) is 6.07 Å². The summed E-state index contributed by atoms with van der Waals surface area (Å²) in [5, 5.41) is 9.09. The first kappa shape index (κ1) is 15.0. The smallest absolute Gasteiger partial charge is 0.123 e. The normalized spacial score (nSPS) is 17.9. The second kappa shape index (κ2) is 5.90. The van der Waals surface area contributed by atoms with Crippen LogP contribution in [0.25, 0.3) is 0 Å². The van der Waals surface area contributed by atoms with Crippen molar-refractivity contribution in [2.24, 2.45) is 0 Å². The van der Waals surface area contributed by atoms with Crippen molar-refractivity contribution in [1.82, 2.24) is 9.80 Å². The fourth-order valence-electron chi connectivity index (χ4n) is 2.62. The third kappa shape index (κ3) is 3.56. The number of halogens is 1. The Hall–Kier alpha value is -1.44. The van der Waals surface area contributed by atoms with E-state index >= 15 is 0 Å². The van der Waals surface area contributed by atoms with Gasteiger partial charge in [0.15, 0.2) is 0 Å². The van der Waals surface area contributed by atoms with Gasteiger partial charge in [0.2, 0.25) is 0 Å². The van der Waals surface area contributed by atoms with Crippen LogP contribution < -0.4 is 0 Å². The molecule has 0 aromatic heterocycles. The highest BCUT2D eigenvalue weighted by Gasteiger charge is 2.25. The molecule has 1 aromatic carbocycles. The van der Waals surface area contributed by atoms with E-state index in [0.29, 0.717) is 12.1 Å². The number of hydrogen-bond acceptors (Lipinski definition) is 3. The summed E-state index contributed by atoms with van der Waals surface area (Å²) >= 11 is 0. The van der Waals surface area contributed by atoms with Gasteiger partial charge in [-0.25, -0.2) is 4.39 Å². The molecule has 1 aromatic rings. The zero-order chi connectivity index (χ0) is 14.8. The molecule has 0 spiro atoms. The van der Waals surface area contributed by atoms with Crippen LogP contribution in [0.15, 0.2) is 18.2 Å². The highest BCUT2D eigenvalue weighted by atomic mass is 19.1. The van der Waals surface area contributed by atoms with Crippen molar-refractivity contribution in [3.8, 4) is 6.07 Å². The van der Waals surface area contributed by atoms with Crippen LogP contribution in [0.1, 0.15) is 31.9 Å². The summed E-state index contributed by atoms with van der Waals surface area (Å²) in [7, 11) is 0. The molecule has 3 nitrogen and oxygen atoms in total. The Bertz CT molecular complexity index is 505. The van der Waals surface area contributed by atoms with E-state index < -0.39 is 0 Å². The summed E-state index contributed by atoms with van der Waals surface area (Å²) in [5.41, 5.74) is 1.56. The number of hydrogen-bond donors (Lipinski definition) is 0. The van der Waals surface area contributed by atoms with Crippen LogP contribution in [0.4, 0.5) is 4.39 Å². The van der Waals surface area contributed by atoms with Gasteiger partial charge in [0, 0.05) is 38.3 Å². The Balaban J connectivity index is 2.00. The van der Waals surface area contributed by atoms with Gasteiger partial charge in [-0.3, -0.25) is 9.80 Å². The largest absolute Gasteiger partial charge is 0.296 e. The van der Waals surface area contributed by atoms with Crippen molar-refractivity contribution in [3.63, 3.8) is 0 Å². The molecule has 108 valence electrons. The predicted molar refractivity (Wildman–Crippen MR) is 77.7 cm³/mol. The second-order valence-electron chi connectivity index (χ2n) is 6.35. The van der Waals surface area contributed by atoms with Gasteiger partial charge >= 0.3 is 0 Å². The van der Waals surface area contributed by atoms with E-state index in [1.165, 1.54) is 12.1 Å². The van der Waals surface area contributed by atoms with Gasteiger partial charge in [0.25, 0.3) is 0 Å². The summed E-state index contributed by atoms with van der Waals surface area (Å²) in [4.78, 5) is 4.75. The second-order valence-corrected chi connectivity index (χ2v) is 6.35. The minimum atomic E-state index is -0.271. The van der Waals surface area contributed by atoms with Gasteiger partial charge in [0.05, 0.1) is 11.6 Å². The van der Waals surface area contributed by atoms with Crippen LogP contribution in [0.5, 0.6) is 0 Å². The van der Waals surface area contributed by atoms with Crippen molar-refractivity contribution in [3.05, 3.63) is 35.1 Å². The lowest BCUT2D eigenvalue weighted by Crippen LogP contribution is -2.53.